The third-order valence-electron chi connectivity index (χ3n) is 4.85. The van der Waals surface area contributed by atoms with Crippen molar-refractivity contribution in [2.45, 2.75) is 18.4 Å². The average Bonchev–Trinajstić information content (AvgIpc) is 3.10. The fourth-order valence-corrected chi connectivity index (χ4v) is 4.77. The number of carbonyl (C=O) groups excluding carboxylic acids is 2. The molecule has 0 bridgehead atoms. The van der Waals surface area contributed by atoms with Crippen molar-refractivity contribution in [3.05, 3.63) is 79.5 Å². The van der Waals surface area contributed by atoms with Gasteiger partial charge in [-0.3, -0.25) is 9.59 Å². The van der Waals surface area contributed by atoms with Crippen molar-refractivity contribution < 1.29 is 18.7 Å². The molecule has 0 radical (unpaired) electrons. The first-order chi connectivity index (χ1) is 14.2. The molecular formula is C21H16Cl4FNO3. The van der Waals surface area contributed by atoms with Crippen LogP contribution < -0.4 is 5.32 Å². The van der Waals surface area contributed by atoms with Gasteiger partial charge in [-0.15, -0.1) is 0 Å². The monoisotopic (exact) mass is 489 g/mol. The fourth-order valence-electron chi connectivity index (χ4n) is 3.49. The molecule has 0 unspecified atom stereocenters. The second kappa shape index (κ2) is 9.56. The topological polar surface area (TPSA) is 55.4 Å². The first-order valence-electron chi connectivity index (χ1n) is 8.87. The van der Waals surface area contributed by atoms with Gasteiger partial charge >= 0.3 is 5.97 Å². The van der Waals surface area contributed by atoms with E-state index < -0.39 is 23.6 Å². The lowest BCUT2D eigenvalue weighted by Crippen LogP contribution is -2.34. The van der Waals surface area contributed by atoms with E-state index in [0.717, 1.165) is 6.07 Å². The zero-order chi connectivity index (χ0) is 22.0. The van der Waals surface area contributed by atoms with Gasteiger partial charge in [-0.05, 0) is 42.2 Å². The Morgan fingerprint density at radius 2 is 1.73 bits per heavy atom. The number of hydrogen-bond donors (Lipinski definition) is 1. The Morgan fingerprint density at radius 3 is 2.33 bits per heavy atom. The summed E-state index contributed by atoms with van der Waals surface area (Å²) >= 11 is 24.3. The molecule has 1 amide bonds. The molecule has 158 valence electrons. The third-order valence-corrected chi connectivity index (χ3v) is 5.99. The normalized spacial score (nSPS) is 18.9. The molecule has 0 spiro atoms. The zero-order valence-corrected chi connectivity index (χ0v) is 18.6. The lowest BCUT2D eigenvalue weighted by atomic mass is 9.85. The largest absolute Gasteiger partial charge is 0.469 e. The van der Waals surface area contributed by atoms with E-state index in [-0.39, 0.29) is 32.6 Å². The number of rotatable bonds is 5. The third kappa shape index (κ3) is 4.92. The summed E-state index contributed by atoms with van der Waals surface area (Å²) in [4.78, 5) is 25.1. The molecule has 0 aromatic heterocycles. The van der Waals surface area contributed by atoms with E-state index in [2.05, 4.69) is 5.32 Å². The van der Waals surface area contributed by atoms with Crippen LogP contribution in [0, 0.1) is 11.7 Å². The summed E-state index contributed by atoms with van der Waals surface area (Å²) in [5.41, 5.74) is 0.570. The van der Waals surface area contributed by atoms with Crippen molar-refractivity contribution in [2.24, 2.45) is 5.92 Å². The molecule has 9 heteroatoms. The molecule has 3 rings (SSSR count). The van der Waals surface area contributed by atoms with Gasteiger partial charge in [0.15, 0.2) is 0 Å². The minimum Gasteiger partial charge on any atom is -0.469 e. The Labute approximate surface area is 192 Å². The van der Waals surface area contributed by atoms with Gasteiger partial charge < -0.3 is 10.1 Å². The van der Waals surface area contributed by atoms with Crippen LogP contribution in [0.25, 0.3) is 0 Å². The Kier molecular flexibility index (Phi) is 7.30. The van der Waals surface area contributed by atoms with Gasteiger partial charge in [0.1, 0.15) is 5.82 Å². The molecule has 0 fully saturated rings. The van der Waals surface area contributed by atoms with E-state index in [1.54, 1.807) is 12.2 Å². The summed E-state index contributed by atoms with van der Waals surface area (Å²) in [5, 5.41) is 3.55. The molecule has 3 atom stereocenters. The van der Waals surface area contributed by atoms with Crippen molar-refractivity contribution >= 4 is 58.3 Å². The molecule has 1 aliphatic carbocycles. The maximum Gasteiger partial charge on any atom is 0.313 e. The summed E-state index contributed by atoms with van der Waals surface area (Å²) in [7, 11) is 1.27. The number of allylic oxidation sites excluding steroid dienone is 1. The van der Waals surface area contributed by atoms with E-state index in [4.69, 9.17) is 51.1 Å². The van der Waals surface area contributed by atoms with E-state index in [1.165, 1.54) is 31.4 Å². The standard InChI is InChI=1S/C21H16Cl4FNO3/c1-30-21(29)18(14-5-3-12(26)9-15(14)23)10-2-4-13(6-10)27-20(28)19-16(24)7-11(22)8-17(19)25/h2-5,7-10,13,18H,6H2,1H3,(H,27,28)/t10-,13-,18-/m0/s1. The molecule has 2 aromatic rings. The van der Waals surface area contributed by atoms with Gasteiger partial charge in [-0.2, -0.15) is 0 Å². The molecule has 1 aliphatic rings. The molecule has 0 saturated carbocycles. The first kappa shape index (κ1) is 22.9. The summed E-state index contributed by atoms with van der Waals surface area (Å²) in [6.07, 6.45) is 3.98. The molecule has 4 nitrogen and oxygen atoms in total. The number of methoxy groups -OCH3 is 1. The van der Waals surface area contributed by atoms with Crippen molar-refractivity contribution in [1.82, 2.24) is 5.32 Å². The van der Waals surface area contributed by atoms with Crippen LogP contribution in [0.2, 0.25) is 20.1 Å². The van der Waals surface area contributed by atoms with Crippen molar-refractivity contribution in [2.75, 3.05) is 7.11 Å². The van der Waals surface area contributed by atoms with Gasteiger partial charge in [0.25, 0.3) is 5.91 Å². The molecule has 0 saturated heterocycles. The summed E-state index contributed by atoms with van der Waals surface area (Å²) in [6.45, 7) is 0. The Morgan fingerprint density at radius 1 is 1.07 bits per heavy atom. The number of benzene rings is 2. The minimum atomic E-state index is -0.746. The smallest absolute Gasteiger partial charge is 0.313 e. The van der Waals surface area contributed by atoms with E-state index in [0.29, 0.717) is 17.0 Å². The van der Waals surface area contributed by atoms with Crippen molar-refractivity contribution in [3.8, 4) is 0 Å². The van der Waals surface area contributed by atoms with Crippen molar-refractivity contribution in [1.29, 1.82) is 0 Å². The van der Waals surface area contributed by atoms with Gasteiger partial charge in [0, 0.05) is 16.1 Å². The Balaban J connectivity index is 1.78. The van der Waals surface area contributed by atoms with Gasteiger partial charge in [0.05, 0.1) is 28.6 Å². The lowest BCUT2D eigenvalue weighted by molar-refractivity contribution is -0.143. The second-order valence-corrected chi connectivity index (χ2v) is 8.43. The first-order valence-corrected chi connectivity index (χ1v) is 10.4. The van der Waals surface area contributed by atoms with Crippen LogP contribution in [0.3, 0.4) is 0 Å². The second-order valence-electron chi connectivity index (χ2n) is 6.78. The predicted molar refractivity (Wildman–Crippen MR) is 116 cm³/mol. The molecule has 1 N–H and O–H groups in total. The zero-order valence-electron chi connectivity index (χ0n) is 15.6. The van der Waals surface area contributed by atoms with Crippen molar-refractivity contribution in [3.63, 3.8) is 0 Å². The van der Waals surface area contributed by atoms with Crippen LogP contribution in [0.5, 0.6) is 0 Å². The number of hydrogen-bond acceptors (Lipinski definition) is 3. The van der Waals surface area contributed by atoms with Crippen LogP contribution in [0.4, 0.5) is 4.39 Å². The maximum absolute atomic E-state index is 13.4. The van der Waals surface area contributed by atoms with Gasteiger partial charge in [0.2, 0.25) is 0 Å². The quantitative estimate of drug-likeness (QED) is 0.408. The summed E-state index contributed by atoms with van der Waals surface area (Å²) in [6, 6.07) is 6.33. The van der Waals surface area contributed by atoms with Gasteiger partial charge in [-0.25, -0.2) is 4.39 Å². The van der Waals surface area contributed by atoms with Crippen LogP contribution >= 0.6 is 46.4 Å². The highest BCUT2D eigenvalue weighted by atomic mass is 35.5. The number of carbonyl (C=O) groups is 2. The van der Waals surface area contributed by atoms with Crippen LogP contribution in [0.1, 0.15) is 28.3 Å². The fraction of sp³-hybridized carbons (Fsp3) is 0.238. The average molecular weight is 491 g/mol. The van der Waals surface area contributed by atoms with Crippen LogP contribution in [-0.2, 0) is 9.53 Å². The maximum atomic E-state index is 13.4. The Bertz CT molecular complexity index is 1000. The molecule has 0 aliphatic heterocycles. The molecule has 30 heavy (non-hydrogen) atoms. The highest BCUT2D eigenvalue weighted by Crippen LogP contribution is 2.38. The predicted octanol–water partition coefficient (Wildman–Crippen LogP) is 6.07. The highest BCUT2D eigenvalue weighted by Gasteiger charge is 2.35. The van der Waals surface area contributed by atoms with Gasteiger partial charge in [-0.1, -0.05) is 64.6 Å². The molecule has 0 heterocycles. The van der Waals surface area contributed by atoms with E-state index in [1.807, 2.05) is 0 Å². The number of amides is 1. The molecule has 2 aromatic carbocycles. The van der Waals surface area contributed by atoms with E-state index >= 15 is 0 Å². The minimum absolute atomic E-state index is 0.116. The number of esters is 1. The summed E-state index contributed by atoms with van der Waals surface area (Å²) < 4.78 is 18.4. The lowest BCUT2D eigenvalue weighted by Gasteiger charge is -2.23. The number of ether oxygens (including phenoxy) is 1. The number of halogens is 5. The SMILES string of the molecule is COC(=O)[C@H](c1ccc(F)cc1Cl)[C@H]1C=C[C@H](NC(=O)c2c(Cl)cc(Cl)cc2Cl)C1. The number of nitrogens with one attached hydrogen (secondary N) is 1. The van der Waals surface area contributed by atoms with E-state index in [9.17, 15) is 14.0 Å². The Hall–Kier alpha value is -1.79. The van der Waals surface area contributed by atoms with Crippen LogP contribution in [-0.4, -0.2) is 25.0 Å². The molecular weight excluding hydrogens is 475 g/mol. The highest BCUT2D eigenvalue weighted by molar-refractivity contribution is 6.42. The van der Waals surface area contributed by atoms with Crippen LogP contribution in [0.15, 0.2) is 42.5 Å². The summed E-state index contributed by atoms with van der Waals surface area (Å²) in [5.74, 6) is -2.54.